The van der Waals surface area contributed by atoms with Gasteiger partial charge in [-0.25, -0.2) is 0 Å². The van der Waals surface area contributed by atoms with Crippen LogP contribution in [-0.4, -0.2) is 26.8 Å². The lowest BCUT2D eigenvalue weighted by Crippen LogP contribution is -2.31. The summed E-state index contributed by atoms with van der Waals surface area (Å²) in [5.74, 6) is 0.990. The van der Waals surface area contributed by atoms with Gasteiger partial charge in [0.05, 0.1) is 5.02 Å². The first-order chi connectivity index (χ1) is 14.4. The van der Waals surface area contributed by atoms with E-state index in [0.29, 0.717) is 44.2 Å². The average Bonchev–Trinajstić information content (AvgIpc) is 3.10. The Balaban J connectivity index is 1.65. The number of ether oxygens (including phenoxy) is 1. The Hall–Kier alpha value is -1.93. The molecule has 0 bridgehead atoms. The van der Waals surface area contributed by atoms with Crippen LogP contribution in [0, 0.1) is 0 Å². The Morgan fingerprint density at radius 1 is 1.17 bits per heavy atom. The summed E-state index contributed by atoms with van der Waals surface area (Å²) in [7, 11) is 0. The van der Waals surface area contributed by atoms with Crippen LogP contribution in [0.25, 0.3) is 0 Å². The van der Waals surface area contributed by atoms with Crippen LogP contribution in [0.1, 0.15) is 19.4 Å². The van der Waals surface area contributed by atoms with E-state index in [1.54, 1.807) is 25.1 Å². The van der Waals surface area contributed by atoms with E-state index in [-0.39, 0.29) is 5.91 Å². The molecule has 1 N–H and O–H groups in total. The van der Waals surface area contributed by atoms with Crippen molar-refractivity contribution in [3.8, 4) is 5.75 Å². The quantitative estimate of drug-likeness (QED) is 0.399. The highest BCUT2D eigenvalue weighted by molar-refractivity contribution is 7.98. The number of hydrogen-bond acceptors (Lipinski definition) is 5. The number of carbonyl (C=O) groups excluding carboxylic acids is 1. The molecule has 1 heterocycles. The zero-order valence-electron chi connectivity index (χ0n) is 16.2. The van der Waals surface area contributed by atoms with Crippen molar-refractivity contribution in [2.24, 2.45) is 0 Å². The number of aromatic nitrogens is 3. The molecule has 3 aromatic rings. The van der Waals surface area contributed by atoms with Gasteiger partial charge in [-0.15, -0.1) is 10.2 Å². The number of hydrogen-bond donors (Lipinski definition) is 1. The summed E-state index contributed by atoms with van der Waals surface area (Å²) in [5.41, 5.74) is 1.00. The van der Waals surface area contributed by atoms with Gasteiger partial charge in [0.1, 0.15) is 5.75 Å². The lowest BCUT2D eigenvalue weighted by molar-refractivity contribution is -0.122. The van der Waals surface area contributed by atoms with Crippen LogP contribution in [0.4, 0.5) is 5.95 Å². The molecule has 0 aliphatic rings. The molecule has 1 amide bonds. The fourth-order valence-corrected chi connectivity index (χ4v) is 4.30. The highest BCUT2D eigenvalue weighted by Gasteiger charge is 2.20. The largest absolute Gasteiger partial charge is 0.479 e. The molecule has 1 unspecified atom stereocenters. The van der Waals surface area contributed by atoms with E-state index >= 15 is 0 Å². The lowest BCUT2D eigenvalue weighted by atomic mass is 10.2. The molecular formula is C20H19Cl3N4O2S. The highest BCUT2D eigenvalue weighted by Crippen LogP contribution is 2.29. The van der Waals surface area contributed by atoms with Crippen molar-refractivity contribution >= 4 is 58.4 Å². The lowest BCUT2D eigenvalue weighted by Gasteiger charge is -2.16. The molecule has 3 rings (SSSR count). The molecule has 6 nitrogen and oxygen atoms in total. The normalized spacial score (nSPS) is 11.9. The third-order valence-corrected chi connectivity index (χ3v) is 6.06. The molecule has 2 aromatic carbocycles. The number of anilines is 1. The van der Waals surface area contributed by atoms with Crippen LogP contribution in [-0.2, 0) is 17.1 Å². The van der Waals surface area contributed by atoms with Gasteiger partial charge in [0.2, 0.25) is 5.95 Å². The van der Waals surface area contributed by atoms with Crippen molar-refractivity contribution in [1.82, 2.24) is 14.8 Å². The van der Waals surface area contributed by atoms with Crippen LogP contribution in [0.3, 0.4) is 0 Å². The molecule has 0 aliphatic carbocycles. The Bertz CT molecular complexity index is 1040. The first kappa shape index (κ1) is 22.7. The summed E-state index contributed by atoms with van der Waals surface area (Å²) in [6.45, 7) is 4.16. The van der Waals surface area contributed by atoms with Gasteiger partial charge in [0.15, 0.2) is 11.3 Å². The van der Waals surface area contributed by atoms with Crippen LogP contribution in [0.2, 0.25) is 15.1 Å². The summed E-state index contributed by atoms with van der Waals surface area (Å²) in [6, 6.07) is 12.5. The second kappa shape index (κ2) is 10.4. The molecule has 0 aliphatic heterocycles. The molecule has 10 heteroatoms. The minimum absolute atomic E-state index is 0.331. The van der Waals surface area contributed by atoms with E-state index in [9.17, 15) is 4.79 Å². The van der Waals surface area contributed by atoms with E-state index in [2.05, 4.69) is 15.5 Å². The van der Waals surface area contributed by atoms with E-state index in [1.165, 1.54) is 11.8 Å². The maximum atomic E-state index is 12.6. The summed E-state index contributed by atoms with van der Waals surface area (Å²) in [6.07, 6.45) is -0.801. The van der Waals surface area contributed by atoms with Crippen LogP contribution >= 0.6 is 46.6 Å². The van der Waals surface area contributed by atoms with Crippen LogP contribution < -0.4 is 10.1 Å². The van der Waals surface area contributed by atoms with Gasteiger partial charge in [-0.1, -0.05) is 64.8 Å². The standard InChI is InChI=1S/C20H19Cl3N4O2S/c1-3-27-19(25-26-20(27)30-11-13-6-4-5-7-15(13)22)24-18(28)12(2)29-17-9-8-14(21)10-16(17)23/h4-10,12H,3,11H2,1-2H3,(H,24,25,28). The topological polar surface area (TPSA) is 69.0 Å². The van der Waals surface area contributed by atoms with Crippen molar-refractivity contribution < 1.29 is 9.53 Å². The molecule has 30 heavy (non-hydrogen) atoms. The minimum atomic E-state index is -0.801. The predicted octanol–water partition coefficient (Wildman–Crippen LogP) is 5.96. The Kier molecular flexibility index (Phi) is 7.88. The van der Waals surface area contributed by atoms with Gasteiger partial charge >= 0.3 is 0 Å². The summed E-state index contributed by atoms with van der Waals surface area (Å²) >= 11 is 19.7. The smallest absolute Gasteiger partial charge is 0.267 e. The fourth-order valence-electron chi connectivity index (χ4n) is 2.56. The second-order valence-electron chi connectivity index (χ2n) is 6.25. The van der Waals surface area contributed by atoms with Crippen molar-refractivity contribution in [3.05, 3.63) is 63.1 Å². The van der Waals surface area contributed by atoms with E-state index < -0.39 is 6.10 Å². The van der Waals surface area contributed by atoms with E-state index in [4.69, 9.17) is 39.5 Å². The van der Waals surface area contributed by atoms with Gasteiger partial charge in [0, 0.05) is 22.3 Å². The van der Waals surface area contributed by atoms with Crippen molar-refractivity contribution in [1.29, 1.82) is 0 Å². The van der Waals surface area contributed by atoms with Gasteiger partial charge in [-0.05, 0) is 43.7 Å². The number of rotatable bonds is 8. The number of halogens is 3. The van der Waals surface area contributed by atoms with Crippen LogP contribution in [0.15, 0.2) is 47.6 Å². The molecule has 0 saturated carbocycles. The Labute approximate surface area is 193 Å². The maximum Gasteiger partial charge on any atom is 0.267 e. The average molecular weight is 486 g/mol. The number of amides is 1. The molecule has 1 aromatic heterocycles. The molecule has 0 radical (unpaired) electrons. The molecule has 0 fully saturated rings. The number of benzene rings is 2. The minimum Gasteiger partial charge on any atom is -0.479 e. The zero-order valence-corrected chi connectivity index (χ0v) is 19.3. The molecule has 158 valence electrons. The molecular weight excluding hydrogens is 467 g/mol. The van der Waals surface area contributed by atoms with Crippen molar-refractivity contribution in [2.75, 3.05) is 5.32 Å². The summed E-state index contributed by atoms with van der Waals surface area (Å²) < 4.78 is 7.47. The Morgan fingerprint density at radius 2 is 1.93 bits per heavy atom. The molecule has 0 spiro atoms. The molecule has 0 saturated heterocycles. The fraction of sp³-hybridized carbons (Fsp3) is 0.250. The molecule has 1 atom stereocenters. The monoisotopic (exact) mass is 484 g/mol. The van der Waals surface area contributed by atoms with Gasteiger partial charge in [-0.2, -0.15) is 0 Å². The summed E-state index contributed by atoms with van der Waals surface area (Å²) in [4.78, 5) is 12.6. The summed E-state index contributed by atoms with van der Waals surface area (Å²) in [5, 5.41) is 13.3. The Morgan fingerprint density at radius 3 is 2.63 bits per heavy atom. The van der Waals surface area contributed by atoms with Crippen LogP contribution in [0.5, 0.6) is 5.75 Å². The van der Waals surface area contributed by atoms with Gasteiger partial charge < -0.3 is 4.74 Å². The zero-order chi connectivity index (χ0) is 21.7. The third kappa shape index (κ3) is 5.60. The predicted molar refractivity (Wildman–Crippen MR) is 122 cm³/mol. The maximum absolute atomic E-state index is 12.6. The first-order valence-electron chi connectivity index (χ1n) is 9.11. The number of carbonyl (C=O) groups is 1. The van der Waals surface area contributed by atoms with Gasteiger partial charge in [0.25, 0.3) is 5.91 Å². The third-order valence-electron chi connectivity index (χ3n) is 4.15. The van der Waals surface area contributed by atoms with Crippen molar-refractivity contribution in [2.45, 2.75) is 37.4 Å². The highest BCUT2D eigenvalue weighted by atomic mass is 35.5. The number of nitrogens with one attached hydrogen (secondary N) is 1. The van der Waals surface area contributed by atoms with E-state index in [0.717, 1.165) is 5.56 Å². The number of thioether (sulfide) groups is 1. The second-order valence-corrected chi connectivity index (χ2v) is 8.45. The van der Waals surface area contributed by atoms with Crippen molar-refractivity contribution in [3.63, 3.8) is 0 Å². The SMILES string of the molecule is CCn1c(NC(=O)C(C)Oc2ccc(Cl)cc2Cl)nnc1SCc1ccccc1Cl. The first-order valence-corrected chi connectivity index (χ1v) is 11.2. The van der Waals surface area contributed by atoms with Gasteiger partial charge in [-0.3, -0.25) is 14.7 Å². The van der Waals surface area contributed by atoms with E-state index in [1.807, 2.05) is 35.8 Å². The number of nitrogens with zero attached hydrogens (tertiary/aromatic N) is 3.